The van der Waals surface area contributed by atoms with E-state index in [9.17, 15) is 0 Å². The van der Waals surface area contributed by atoms with Crippen LogP contribution in [0.25, 0.3) is 45.0 Å². The highest BCUT2D eigenvalue weighted by atomic mass is 16.5. The third-order valence-electron chi connectivity index (χ3n) is 25.5. The molecule has 0 amide bonds. The average Bonchev–Trinajstić information content (AvgIpc) is 1.55. The second-order valence-electron chi connectivity index (χ2n) is 35.7. The number of methoxy groups -OCH3 is 4. The zero-order chi connectivity index (χ0) is 99.7. The zero-order valence-electron chi connectivity index (χ0n) is 83.9. The molecule has 4 aromatic heterocycles. The minimum atomic E-state index is 0.403. The molecule has 12 heterocycles. The van der Waals surface area contributed by atoms with Crippen LogP contribution >= 0.6 is 0 Å². The molecule has 0 atom stereocenters. The number of aromatic nitrogens is 8. The van der Waals surface area contributed by atoms with Crippen LogP contribution in [-0.4, -0.2) is 246 Å². The molecule has 0 aliphatic carbocycles. The molecule has 0 saturated carbocycles. The number of hydrogen-bond donors (Lipinski definition) is 4. The Hall–Kier alpha value is -14.5. The minimum absolute atomic E-state index is 0.403. The van der Waals surface area contributed by atoms with Gasteiger partial charge in [0.05, 0.1) is 117 Å². The summed E-state index contributed by atoms with van der Waals surface area (Å²) in [7, 11) is 6.54. The van der Waals surface area contributed by atoms with E-state index in [1.807, 2.05) is 206 Å². The molecule has 4 fully saturated rings. The van der Waals surface area contributed by atoms with Crippen molar-refractivity contribution in [1.82, 2.24) is 59.5 Å². The van der Waals surface area contributed by atoms with E-state index >= 15 is 0 Å². The molecular formula is C114H132N16O16. The fourth-order valence-corrected chi connectivity index (χ4v) is 17.8. The summed E-state index contributed by atoms with van der Waals surface area (Å²) in [5.41, 5.74) is 14.2. The maximum atomic E-state index is 6.18. The average molecular weight is 1980 g/mol. The van der Waals surface area contributed by atoms with Gasteiger partial charge in [0.2, 0.25) is 23.8 Å². The van der Waals surface area contributed by atoms with Gasteiger partial charge in [0.15, 0.2) is 46.0 Å². The number of anilines is 8. The first-order valence-corrected chi connectivity index (χ1v) is 50.6. The lowest BCUT2D eigenvalue weighted by Crippen LogP contribution is -2.25. The maximum absolute atomic E-state index is 6.18. The van der Waals surface area contributed by atoms with Gasteiger partial charge >= 0.3 is 0 Å². The topological polar surface area (TPSA) is 312 Å². The number of nitrogens with one attached hydrogen (secondary N) is 4. The third kappa shape index (κ3) is 30.8. The van der Waals surface area contributed by atoms with E-state index in [4.69, 9.17) is 95.7 Å². The third-order valence-corrected chi connectivity index (χ3v) is 25.5. The van der Waals surface area contributed by atoms with E-state index in [-0.39, 0.29) is 0 Å². The van der Waals surface area contributed by atoms with Gasteiger partial charge < -0.3 is 97.1 Å². The van der Waals surface area contributed by atoms with Crippen molar-refractivity contribution in [2.45, 2.75) is 90.6 Å². The number of fused-ring (bicyclic) bond motifs is 28. The maximum Gasteiger partial charge on any atom is 0.227 e. The van der Waals surface area contributed by atoms with Gasteiger partial charge in [-0.3, -0.25) is 19.6 Å². The predicted octanol–water partition coefficient (Wildman–Crippen LogP) is 20.1. The first-order chi connectivity index (χ1) is 72.1. The molecule has 32 heteroatoms. The minimum Gasteiger partial charge on any atom is -0.493 e. The largest absolute Gasteiger partial charge is 0.493 e. The van der Waals surface area contributed by atoms with Crippen molar-refractivity contribution in [3.05, 3.63) is 266 Å². The molecule has 32 nitrogen and oxygen atoms in total. The van der Waals surface area contributed by atoms with Crippen molar-refractivity contribution < 1.29 is 75.8 Å². The number of ether oxygens (including phenoxy) is 16. The molecule has 0 spiro atoms. The van der Waals surface area contributed by atoms with Crippen molar-refractivity contribution in [3.8, 4) is 114 Å². The molecule has 4 saturated heterocycles. The number of benzene rings is 8. The summed E-state index contributed by atoms with van der Waals surface area (Å²) in [5.74, 6) is 10.8. The Morgan fingerprint density at radius 3 is 0.760 bits per heavy atom. The molecule has 12 aromatic rings. The lowest BCUT2D eigenvalue weighted by molar-refractivity contribution is 0.144. The summed E-state index contributed by atoms with van der Waals surface area (Å²) < 4.78 is 94.3. The van der Waals surface area contributed by atoms with Crippen molar-refractivity contribution in [1.29, 1.82) is 0 Å². The van der Waals surface area contributed by atoms with Gasteiger partial charge in [-0.25, -0.2) is 39.9 Å². The number of hydrogen-bond acceptors (Lipinski definition) is 32. The van der Waals surface area contributed by atoms with E-state index in [0.29, 0.717) is 175 Å². The zero-order valence-corrected chi connectivity index (χ0v) is 83.9. The Bertz CT molecular complexity index is 5930. The molecule has 146 heavy (non-hydrogen) atoms. The van der Waals surface area contributed by atoms with Crippen LogP contribution < -0.4 is 78.1 Å². The quantitative estimate of drug-likeness (QED) is 0.0515. The highest BCUT2D eigenvalue weighted by molar-refractivity contribution is 5.71. The monoisotopic (exact) mass is 1980 g/mol. The van der Waals surface area contributed by atoms with E-state index in [0.717, 1.165) is 204 Å². The summed E-state index contributed by atoms with van der Waals surface area (Å²) in [6.45, 7) is 21.3. The van der Waals surface area contributed by atoms with Crippen molar-refractivity contribution in [3.63, 3.8) is 0 Å². The summed E-state index contributed by atoms with van der Waals surface area (Å²) in [4.78, 5) is 46.4. The Morgan fingerprint density at radius 1 is 0.260 bits per heavy atom. The lowest BCUT2D eigenvalue weighted by Gasteiger charge is -2.17. The van der Waals surface area contributed by atoms with E-state index in [1.54, 1.807) is 53.2 Å². The van der Waals surface area contributed by atoms with Gasteiger partial charge in [0.25, 0.3) is 0 Å². The fraction of sp³-hybridized carbons (Fsp3) is 0.368. The summed E-state index contributed by atoms with van der Waals surface area (Å²) in [5, 5.41) is 13.3. The Labute approximate surface area is 854 Å². The molecule has 764 valence electrons. The summed E-state index contributed by atoms with van der Waals surface area (Å²) in [6, 6.07) is 54.8. The van der Waals surface area contributed by atoms with E-state index in [1.165, 1.54) is 51.4 Å². The van der Waals surface area contributed by atoms with Crippen molar-refractivity contribution in [2.75, 3.05) is 208 Å². The van der Waals surface area contributed by atoms with Crippen LogP contribution in [0.1, 0.15) is 86.5 Å². The molecule has 8 aliphatic rings. The highest BCUT2D eigenvalue weighted by Crippen LogP contribution is 2.40. The van der Waals surface area contributed by atoms with Crippen LogP contribution in [0.4, 0.5) is 46.5 Å². The smallest absolute Gasteiger partial charge is 0.227 e. The Balaban J connectivity index is 0.000000133. The first kappa shape index (κ1) is 103. The molecule has 0 unspecified atom stereocenters. The molecule has 24 bridgehead atoms. The van der Waals surface area contributed by atoms with E-state index in [2.05, 4.69) is 73.0 Å². The van der Waals surface area contributed by atoms with Crippen molar-refractivity contribution >= 4 is 46.5 Å². The predicted molar refractivity (Wildman–Crippen MR) is 566 cm³/mol. The molecule has 20 rings (SSSR count). The van der Waals surface area contributed by atoms with Gasteiger partial charge in [-0.1, -0.05) is 36.5 Å². The molecule has 8 aromatic carbocycles. The van der Waals surface area contributed by atoms with Crippen LogP contribution in [-0.2, 0) is 45.4 Å². The lowest BCUT2D eigenvalue weighted by atomic mass is 10.1. The van der Waals surface area contributed by atoms with Crippen molar-refractivity contribution in [2.24, 2.45) is 0 Å². The fourth-order valence-electron chi connectivity index (χ4n) is 17.8. The normalized spacial score (nSPS) is 17.0. The van der Waals surface area contributed by atoms with Gasteiger partial charge in [-0.15, -0.1) is 0 Å². The van der Waals surface area contributed by atoms with Crippen LogP contribution in [0.5, 0.6) is 69.0 Å². The number of rotatable bonds is 20. The molecular weight excluding hydrogens is 1850 g/mol. The summed E-state index contributed by atoms with van der Waals surface area (Å²) in [6.07, 6.45) is 34.7. The summed E-state index contributed by atoms with van der Waals surface area (Å²) >= 11 is 0. The van der Waals surface area contributed by atoms with Gasteiger partial charge in [0, 0.05) is 118 Å². The highest BCUT2D eigenvalue weighted by Gasteiger charge is 2.23. The molecule has 0 radical (unpaired) electrons. The van der Waals surface area contributed by atoms with Gasteiger partial charge in [0.1, 0.15) is 62.6 Å². The first-order valence-electron chi connectivity index (χ1n) is 50.6. The number of nitrogens with zero attached hydrogens (tertiary/aromatic N) is 12. The van der Waals surface area contributed by atoms with Crippen LogP contribution in [0.2, 0.25) is 0 Å². The SMILES string of the molecule is COc1ccc2cc1OC/C=C/COCc1cc(ccc1OCCN1CCCC1)Nc1nccc-2n1.COc1ccc2cc1OC/C=C\COCc1cc(ccc1OCCN1CCCC1)Nc1nccc-2n1.COc1ccc2cc1OCC/C=C/COCc1cc(ccc1OCCN1CCCC1)Nc1nccc-2n1.COc1ccc2cc1OCC/C=C\COCc1cc(ccc1OCCN1CCCC1)Nc1nccc-2n1. The van der Waals surface area contributed by atoms with Crippen LogP contribution in [0.3, 0.4) is 0 Å². The van der Waals surface area contributed by atoms with Crippen LogP contribution in [0.15, 0.2) is 243 Å². The molecule has 4 N–H and O–H groups in total. The molecule has 8 aliphatic heterocycles. The van der Waals surface area contributed by atoms with Gasteiger partial charge in [-0.2, -0.15) is 0 Å². The number of likely N-dealkylation sites (tertiary alicyclic amines) is 4. The van der Waals surface area contributed by atoms with Crippen LogP contribution in [0, 0.1) is 0 Å². The Morgan fingerprint density at radius 2 is 0.500 bits per heavy atom. The van der Waals surface area contributed by atoms with E-state index < -0.39 is 0 Å². The van der Waals surface area contributed by atoms with Gasteiger partial charge in [-0.05, 0) is 299 Å². The standard InChI is InChI=1S/2C29H34N4O4.2C28H32N4O4/c2*1-34-27-9-7-22-20-28(27)36-17-6-2-5-16-35-21-23-19-24(31-29-30-12-11-25(22)32-29)8-10-26(23)37-18-15-33-13-3-4-14-33;2*1-33-26-8-6-21-19-27(26)35-16-5-4-15-34-20-22-18-23(30-28-29-11-10-24(21)31-28)7-9-25(22)36-17-14-32-12-2-3-13-32/h2*2,5,7-12,19-20H,3-4,6,13-18,21H2,1H3,(H,30,31,32);2*4-11,18-19H,2-3,12-17,20H2,1H3,(H,29,30,31)/b5-2+;5-2-;5-4+;5-4-. The Kier molecular flexibility index (Phi) is 38.8. The second-order valence-corrected chi connectivity index (χ2v) is 35.7. The second kappa shape index (κ2) is 55.0.